The van der Waals surface area contributed by atoms with Crippen molar-refractivity contribution in [3.8, 4) is 0 Å². The second-order valence-electron chi connectivity index (χ2n) is 7.02. The third-order valence-electron chi connectivity index (χ3n) is 5.72. The van der Waals surface area contributed by atoms with E-state index >= 15 is 0 Å². The molecule has 0 spiro atoms. The van der Waals surface area contributed by atoms with Gasteiger partial charge in [-0.25, -0.2) is 0 Å². The van der Waals surface area contributed by atoms with Crippen molar-refractivity contribution in [2.24, 2.45) is 23.7 Å². The minimum atomic E-state index is 0. The van der Waals surface area contributed by atoms with Crippen molar-refractivity contribution in [1.29, 1.82) is 0 Å². The van der Waals surface area contributed by atoms with Crippen molar-refractivity contribution < 1.29 is 45.2 Å². The Hall–Kier alpha value is 0.734. The van der Waals surface area contributed by atoms with Crippen LogP contribution in [0.1, 0.15) is 32.1 Å². The molecule has 0 radical (unpaired) electrons. The SMILES string of the molecule is CN(C)CC[C]1([Ti+2])C2C=CC=CC2C2CCCCC21.[Cl-].[Cl-]. The molecule has 0 heterocycles. The first-order valence-corrected chi connectivity index (χ1v) is 8.66. The van der Waals surface area contributed by atoms with Crippen LogP contribution in [0.4, 0.5) is 0 Å². The molecule has 0 aromatic rings. The van der Waals surface area contributed by atoms with E-state index in [4.69, 9.17) is 0 Å². The van der Waals surface area contributed by atoms with Gasteiger partial charge in [0, 0.05) is 0 Å². The van der Waals surface area contributed by atoms with E-state index in [1.165, 1.54) is 38.6 Å². The Balaban J connectivity index is 0.00000110. The van der Waals surface area contributed by atoms with Crippen molar-refractivity contribution in [3.63, 3.8) is 0 Å². The van der Waals surface area contributed by atoms with Crippen LogP contribution < -0.4 is 24.8 Å². The molecular formula is C17H26Cl2NTi. The van der Waals surface area contributed by atoms with Crippen molar-refractivity contribution >= 4 is 0 Å². The molecule has 3 aliphatic rings. The molecule has 0 aromatic heterocycles. The van der Waals surface area contributed by atoms with Gasteiger partial charge in [-0.05, 0) is 0 Å². The summed E-state index contributed by atoms with van der Waals surface area (Å²) in [4.78, 5) is 2.36. The Morgan fingerprint density at radius 3 is 2.48 bits per heavy atom. The number of allylic oxidation sites excluding steroid dienone is 4. The van der Waals surface area contributed by atoms with E-state index in [-0.39, 0.29) is 24.8 Å². The van der Waals surface area contributed by atoms with Crippen LogP contribution >= 0.6 is 0 Å². The third kappa shape index (κ3) is 3.64. The molecule has 0 amide bonds. The summed E-state index contributed by atoms with van der Waals surface area (Å²) < 4.78 is 0.529. The minimum absolute atomic E-state index is 0. The molecule has 5 atom stereocenters. The summed E-state index contributed by atoms with van der Waals surface area (Å²) in [5, 5.41) is 0. The van der Waals surface area contributed by atoms with E-state index in [1.807, 2.05) is 0 Å². The van der Waals surface area contributed by atoms with Crippen LogP contribution in [0.3, 0.4) is 0 Å². The van der Waals surface area contributed by atoms with E-state index in [1.54, 1.807) is 0 Å². The molecule has 0 N–H and O–H groups in total. The van der Waals surface area contributed by atoms with Crippen LogP contribution in [-0.4, -0.2) is 25.5 Å². The Kier molecular flexibility index (Phi) is 7.55. The maximum absolute atomic E-state index is 2.59. The average molecular weight is 363 g/mol. The van der Waals surface area contributed by atoms with Crippen LogP contribution in [-0.2, 0) is 20.4 Å². The van der Waals surface area contributed by atoms with Crippen molar-refractivity contribution in [2.45, 2.75) is 35.8 Å². The van der Waals surface area contributed by atoms with Crippen LogP contribution in [0.25, 0.3) is 0 Å². The van der Waals surface area contributed by atoms with Gasteiger partial charge in [0.15, 0.2) is 0 Å². The van der Waals surface area contributed by atoms with Gasteiger partial charge in [-0.2, -0.15) is 0 Å². The molecule has 2 saturated carbocycles. The molecule has 0 saturated heterocycles. The molecule has 2 fully saturated rings. The molecule has 0 aliphatic heterocycles. The van der Waals surface area contributed by atoms with Gasteiger partial charge in [-0.3, -0.25) is 0 Å². The molecule has 117 valence electrons. The maximum atomic E-state index is 2.59. The molecule has 21 heavy (non-hydrogen) atoms. The molecule has 3 aliphatic carbocycles. The van der Waals surface area contributed by atoms with E-state index in [0.29, 0.717) is 3.72 Å². The van der Waals surface area contributed by atoms with E-state index in [9.17, 15) is 0 Å². The fraction of sp³-hybridized carbons (Fsp3) is 0.765. The van der Waals surface area contributed by atoms with Gasteiger partial charge in [0.2, 0.25) is 0 Å². The first-order chi connectivity index (χ1) is 9.13. The summed E-state index contributed by atoms with van der Waals surface area (Å²) in [6.07, 6.45) is 16.9. The normalized spacial score (nSPS) is 40.2. The van der Waals surface area contributed by atoms with Gasteiger partial charge in [-0.15, -0.1) is 0 Å². The first kappa shape index (κ1) is 19.8. The summed E-state index contributed by atoms with van der Waals surface area (Å²) in [6.45, 7) is 1.24. The molecule has 1 nitrogen and oxygen atoms in total. The number of rotatable bonds is 3. The van der Waals surface area contributed by atoms with E-state index < -0.39 is 0 Å². The average Bonchev–Trinajstić information content (AvgIpc) is 2.69. The van der Waals surface area contributed by atoms with Crippen molar-refractivity contribution in [1.82, 2.24) is 4.90 Å². The van der Waals surface area contributed by atoms with E-state index in [0.717, 1.165) is 23.7 Å². The van der Waals surface area contributed by atoms with E-state index in [2.05, 4.69) is 63.7 Å². The molecule has 0 bridgehead atoms. The summed E-state index contributed by atoms with van der Waals surface area (Å²) in [7, 11) is 4.43. The Morgan fingerprint density at radius 1 is 1.10 bits per heavy atom. The zero-order chi connectivity index (χ0) is 13.5. The smallest absolute Gasteiger partial charge is 1.00 e. The number of nitrogens with zero attached hydrogens (tertiary/aromatic N) is 1. The standard InChI is InChI=1S/C17H26N.2ClH.Ti/c1-18(2)12-11-17-15-9-5-3-7-13(15)14-8-4-6-10-16(14)17;;;/h3,5,7,9,13-16H,4,6,8,10-12H2,1-2H3;2*1H;/q;;;+2/p-2. The van der Waals surface area contributed by atoms with Crippen LogP contribution in [0.2, 0.25) is 3.72 Å². The molecule has 0 aromatic carbocycles. The second kappa shape index (κ2) is 8.02. The van der Waals surface area contributed by atoms with Crippen LogP contribution in [0, 0.1) is 23.7 Å². The van der Waals surface area contributed by atoms with Crippen molar-refractivity contribution in [2.75, 3.05) is 20.6 Å². The number of hydrogen-bond donors (Lipinski definition) is 0. The summed E-state index contributed by atoms with van der Waals surface area (Å²) in [5.74, 6) is 3.56. The quantitative estimate of drug-likeness (QED) is 0.516. The monoisotopic (exact) mass is 362 g/mol. The topological polar surface area (TPSA) is 3.24 Å². The first-order valence-electron chi connectivity index (χ1n) is 7.87. The largest absolute Gasteiger partial charge is 1.00 e. The Bertz CT molecular complexity index is 396. The molecular weight excluding hydrogens is 337 g/mol. The summed E-state index contributed by atoms with van der Waals surface area (Å²) >= 11 is 2.59. The van der Waals surface area contributed by atoms with Gasteiger partial charge in [0.05, 0.1) is 0 Å². The fourth-order valence-corrected chi connectivity index (χ4v) is 6.00. The third-order valence-corrected chi connectivity index (χ3v) is 7.21. The zero-order valence-electron chi connectivity index (χ0n) is 13.1. The number of fused-ring (bicyclic) bond motifs is 3. The second-order valence-corrected chi connectivity index (χ2v) is 8.48. The van der Waals surface area contributed by atoms with Crippen LogP contribution in [0.5, 0.6) is 0 Å². The van der Waals surface area contributed by atoms with Gasteiger partial charge >= 0.3 is 130 Å². The summed E-state index contributed by atoms with van der Waals surface area (Å²) in [6, 6.07) is 0. The zero-order valence-corrected chi connectivity index (χ0v) is 16.1. The Morgan fingerprint density at radius 2 is 1.76 bits per heavy atom. The molecule has 3 rings (SSSR count). The maximum Gasteiger partial charge on any atom is -1.00 e. The van der Waals surface area contributed by atoms with Crippen LogP contribution in [0.15, 0.2) is 24.3 Å². The number of halogens is 2. The molecule has 4 heteroatoms. The van der Waals surface area contributed by atoms with Crippen molar-refractivity contribution in [3.05, 3.63) is 24.3 Å². The Labute approximate surface area is 154 Å². The summed E-state index contributed by atoms with van der Waals surface area (Å²) in [5.41, 5.74) is 0. The molecule has 5 unspecified atom stereocenters. The van der Waals surface area contributed by atoms with Gasteiger partial charge in [-0.1, -0.05) is 0 Å². The fourth-order valence-electron chi connectivity index (χ4n) is 4.82. The minimum Gasteiger partial charge on any atom is -1.00 e. The van der Waals surface area contributed by atoms with Gasteiger partial charge in [0.25, 0.3) is 0 Å². The van der Waals surface area contributed by atoms with Gasteiger partial charge in [0.1, 0.15) is 0 Å². The number of hydrogen-bond acceptors (Lipinski definition) is 1. The predicted molar refractivity (Wildman–Crippen MR) is 76.6 cm³/mol. The predicted octanol–water partition coefficient (Wildman–Crippen LogP) is -2.17. The van der Waals surface area contributed by atoms with Gasteiger partial charge < -0.3 is 24.8 Å².